The molecule has 0 aromatic carbocycles. The second-order valence-electron chi connectivity index (χ2n) is 8.36. The van der Waals surface area contributed by atoms with Crippen LogP contribution < -0.4 is 0 Å². The van der Waals surface area contributed by atoms with Crippen LogP contribution in [0, 0.1) is 11.8 Å². The summed E-state index contributed by atoms with van der Waals surface area (Å²) in [6, 6.07) is 2.53. The third-order valence-corrected chi connectivity index (χ3v) is 8.09. The molecule has 0 radical (unpaired) electrons. The van der Waals surface area contributed by atoms with Crippen molar-refractivity contribution in [2.24, 2.45) is 11.8 Å². The number of hydrogen-bond acceptors (Lipinski definition) is 3. The molecule has 1 aliphatic carbocycles. The molecule has 0 bridgehead atoms. The Hall–Kier alpha value is -1.11. The van der Waals surface area contributed by atoms with Gasteiger partial charge in [-0.25, -0.2) is 8.42 Å². The van der Waals surface area contributed by atoms with Crippen LogP contribution in [0.3, 0.4) is 0 Å². The van der Waals surface area contributed by atoms with E-state index in [1.54, 1.807) is 20.8 Å². The summed E-state index contributed by atoms with van der Waals surface area (Å²) in [5, 5.41) is 0. The highest BCUT2D eigenvalue weighted by molar-refractivity contribution is 7.92. The van der Waals surface area contributed by atoms with Gasteiger partial charge >= 0.3 is 6.18 Å². The fraction of sp³-hybridized carbons (Fsp3) is 0.737. The summed E-state index contributed by atoms with van der Waals surface area (Å²) in [6.07, 6.45) is 1.85. The summed E-state index contributed by atoms with van der Waals surface area (Å²) < 4.78 is 61.6. The first-order valence-corrected chi connectivity index (χ1v) is 10.8. The molecule has 0 atom stereocenters. The van der Waals surface area contributed by atoms with Gasteiger partial charge in [-0.3, -0.25) is 4.98 Å². The molecule has 0 saturated heterocycles. The molecule has 1 saturated carbocycles. The maximum Gasteiger partial charge on any atom is 0.417 e. The molecule has 0 unspecified atom stereocenters. The summed E-state index contributed by atoms with van der Waals surface area (Å²) in [5.41, 5.74) is -0.0442. The average molecular weight is 391 g/mol. The van der Waals surface area contributed by atoms with Gasteiger partial charge in [0.05, 0.1) is 16.1 Å². The molecule has 1 aromatic heterocycles. The Bertz CT molecular complexity index is 683. The van der Waals surface area contributed by atoms with Crippen molar-refractivity contribution in [1.29, 1.82) is 0 Å². The van der Waals surface area contributed by atoms with E-state index in [9.17, 15) is 21.6 Å². The molecule has 0 N–H and O–H groups in total. The molecule has 7 heteroatoms. The van der Waals surface area contributed by atoms with Crippen LogP contribution in [0.4, 0.5) is 13.2 Å². The first-order valence-electron chi connectivity index (χ1n) is 9.13. The van der Waals surface area contributed by atoms with Gasteiger partial charge in [-0.05, 0) is 70.4 Å². The maximum atomic E-state index is 12.5. The predicted octanol–water partition coefficient (Wildman–Crippen LogP) is 5.05. The van der Waals surface area contributed by atoms with E-state index in [1.807, 2.05) is 0 Å². The lowest BCUT2D eigenvalue weighted by Crippen LogP contribution is -2.34. The summed E-state index contributed by atoms with van der Waals surface area (Å²) in [7, 11) is -3.09. The van der Waals surface area contributed by atoms with E-state index in [0.29, 0.717) is 18.0 Å². The zero-order valence-electron chi connectivity index (χ0n) is 15.6. The van der Waals surface area contributed by atoms with Gasteiger partial charge in [-0.1, -0.05) is 12.8 Å². The summed E-state index contributed by atoms with van der Waals surface area (Å²) in [5.74, 6) is 0.969. The number of aromatic nitrogens is 1. The van der Waals surface area contributed by atoms with Crippen LogP contribution in [0.25, 0.3) is 0 Å². The van der Waals surface area contributed by atoms with Crippen molar-refractivity contribution < 1.29 is 21.6 Å². The predicted molar refractivity (Wildman–Crippen MR) is 96.5 cm³/mol. The van der Waals surface area contributed by atoms with E-state index >= 15 is 0 Å². The second kappa shape index (κ2) is 7.87. The van der Waals surface area contributed by atoms with E-state index in [-0.39, 0.29) is 11.7 Å². The van der Waals surface area contributed by atoms with E-state index in [0.717, 1.165) is 44.4 Å². The van der Waals surface area contributed by atoms with Crippen LogP contribution in [0.5, 0.6) is 0 Å². The topological polar surface area (TPSA) is 47.0 Å². The van der Waals surface area contributed by atoms with Gasteiger partial charge in [0, 0.05) is 11.9 Å². The number of alkyl halides is 3. The Kier molecular flexibility index (Phi) is 6.41. The standard InChI is InChI=1S/C19H28F3NO2S/c1-18(2,3)26(24,25)13-15-6-4-14(5-7-15)8-10-17-11-9-16(12-23-17)19(20,21)22/h9,11-12,14-15H,4-8,10,13H2,1-3H3. The second-order valence-corrected chi connectivity index (χ2v) is 11.1. The van der Waals surface area contributed by atoms with Crippen molar-refractivity contribution in [2.75, 3.05) is 5.75 Å². The highest BCUT2D eigenvalue weighted by atomic mass is 32.2. The van der Waals surface area contributed by atoms with Gasteiger partial charge in [0.25, 0.3) is 0 Å². The third-order valence-electron chi connectivity index (χ3n) is 5.32. The van der Waals surface area contributed by atoms with Crippen molar-refractivity contribution in [3.05, 3.63) is 29.6 Å². The lowest BCUT2D eigenvalue weighted by molar-refractivity contribution is -0.137. The van der Waals surface area contributed by atoms with Crippen LogP contribution in [-0.2, 0) is 22.4 Å². The van der Waals surface area contributed by atoms with E-state index in [4.69, 9.17) is 0 Å². The van der Waals surface area contributed by atoms with Crippen LogP contribution in [0.1, 0.15) is 64.1 Å². The zero-order chi connectivity index (χ0) is 19.6. The van der Waals surface area contributed by atoms with Gasteiger partial charge in [0.15, 0.2) is 9.84 Å². The van der Waals surface area contributed by atoms with Gasteiger partial charge in [-0.15, -0.1) is 0 Å². The molecule has 3 nitrogen and oxygen atoms in total. The Morgan fingerprint density at radius 2 is 1.62 bits per heavy atom. The molecular weight excluding hydrogens is 363 g/mol. The van der Waals surface area contributed by atoms with Crippen LogP contribution in [0.15, 0.2) is 18.3 Å². The quantitative estimate of drug-likeness (QED) is 0.705. The fourth-order valence-corrected chi connectivity index (χ4v) is 4.79. The number of hydrogen-bond donors (Lipinski definition) is 0. The Labute approximate surface area is 154 Å². The molecule has 0 spiro atoms. The Morgan fingerprint density at radius 3 is 2.08 bits per heavy atom. The Morgan fingerprint density at radius 1 is 1.04 bits per heavy atom. The minimum Gasteiger partial charge on any atom is -0.261 e. The van der Waals surface area contributed by atoms with Crippen molar-refractivity contribution in [2.45, 2.75) is 70.2 Å². The molecule has 0 amide bonds. The number of nitrogens with zero attached hydrogens (tertiary/aromatic N) is 1. The van der Waals surface area contributed by atoms with Crippen LogP contribution in [-0.4, -0.2) is 23.9 Å². The van der Waals surface area contributed by atoms with Crippen molar-refractivity contribution in [3.63, 3.8) is 0 Å². The average Bonchev–Trinajstić information content (AvgIpc) is 2.52. The highest BCUT2D eigenvalue weighted by Crippen LogP contribution is 2.34. The summed E-state index contributed by atoms with van der Waals surface area (Å²) >= 11 is 0. The largest absolute Gasteiger partial charge is 0.417 e. The number of pyridine rings is 1. The minimum atomic E-state index is -4.35. The highest BCUT2D eigenvalue weighted by Gasteiger charge is 2.33. The smallest absolute Gasteiger partial charge is 0.261 e. The number of aryl methyl sites for hydroxylation is 1. The number of sulfone groups is 1. The lowest BCUT2D eigenvalue weighted by Gasteiger charge is -2.30. The van der Waals surface area contributed by atoms with Gasteiger partial charge < -0.3 is 0 Å². The molecule has 1 aliphatic rings. The summed E-state index contributed by atoms with van der Waals surface area (Å²) in [6.45, 7) is 5.22. The molecule has 0 aliphatic heterocycles. The molecule has 1 fully saturated rings. The monoisotopic (exact) mass is 391 g/mol. The lowest BCUT2D eigenvalue weighted by atomic mass is 9.80. The SMILES string of the molecule is CC(C)(C)S(=O)(=O)CC1CCC(CCc2ccc(C(F)(F)F)cn2)CC1. The van der Waals surface area contributed by atoms with Gasteiger partial charge in [0.1, 0.15) is 0 Å². The first kappa shape index (κ1) is 21.2. The zero-order valence-corrected chi connectivity index (χ0v) is 16.5. The van der Waals surface area contributed by atoms with Crippen LogP contribution in [0.2, 0.25) is 0 Å². The summed E-state index contributed by atoms with van der Waals surface area (Å²) in [4.78, 5) is 3.92. The molecule has 148 valence electrons. The van der Waals surface area contributed by atoms with E-state index in [2.05, 4.69) is 4.98 Å². The third kappa shape index (κ3) is 5.69. The molecule has 2 rings (SSSR count). The molecule has 1 aromatic rings. The minimum absolute atomic E-state index is 0.222. The van der Waals surface area contributed by atoms with Crippen molar-refractivity contribution >= 4 is 9.84 Å². The Balaban J connectivity index is 1.79. The molecular formula is C19H28F3NO2S. The first-order chi connectivity index (χ1) is 11.9. The van der Waals surface area contributed by atoms with E-state index in [1.165, 1.54) is 6.07 Å². The van der Waals surface area contributed by atoms with Crippen molar-refractivity contribution in [1.82, 2.24) is 4.98 Å². The number of rotatable bonds is 5. The number of halogens is 3. The molecule has 26 heavy (non-hydrogen) atoms. The van der Waals surface area contributed by atoms with Gasteiger partial charge in [0.2, 0.25) is 0 Å². The normalized spacial score (nSPS) is 22.4. The fourth-order valence-electron chi connectivity index (χ4n) is 3.34. The molecule has 1 heterocycles. The van der Waals surface area contributed by atoms with Crippen molar-refractivity contribution in [3.8, 4) is 0 Å². The van der Waals surface area contributed by atoms with E-state index < -0.39 is 26.3 Å². The van der Waals surface area contributed by atoms with Crippen LogP contribution >= 0.6 is 0 Å². The van der Waals surface area contributed by atoms with Gasteiger partial charge in [-0.2, -0.15) is 13.2 Å². The maximum absolute atomic E-state index is 12.5.